The van der Waals surface area contributed by atoms with Gasteiger partial charge in [0.2, 0.25) is 0 Å². The Labute approximate surface area is 138 Å². The van der Waals surface area contributed by atoms with Gasteiger partial charge in [0.15, 0.2) is 5.65 Å². The second-order valence-corrected chi connectivity index (χ2v) is 7.77. The third-order valence-corrected chi connectivity index (χ3v) is 6.03. The molecule has 0 fully saturated rings. The zero-order valence-electron chi connectivity index (χ0n) is 12.2. The summed E-state index contributed by atoms with van der Waals surface area (Å²) in [7, 11) is -3.64. The van der Waals surface area contributed by atoms with Gasteiger partial charge in [0.1, 0.15) is 0 Å². The van der Waals surface area contributed by atoms with Crippen LogP contribution in [0.15, 0.2) is 52.1 Å². The first kappa shape index (κ1) is 15.2. The Hall–Kier alpha value is -1.66. The minimum Gasteiger partial charge on any atom is -0.236 e. The lowest BCUT2D eigenvalue weighted by Gasteiger charge is -2.08. The fourth-order valence-electron chi connectivity index (χ4n) is 2.47. The Bertz CT molecular complexity index is 944. The third-order valence-electron chi connectivity index (χ3n) is 3.67. The van der Waals surface area contributed by atoms with Gasteiger partial charge in [-0.05, 0) is 53.0 Å². The van der Waals surface area contributed by atoms with E-state index in [4.69, 9.17) is 0 Å². The lowest BCUT2D eigenvalue weighted by atomic mass is 10.1. The summed E-state index contributed by atoms with van der Waals surface area (Å²) in [5, 5.41) is 0.854. The van der Waals surface area contributed by atoms with E-state index in [2.05, 4.69) is 20.9 Å². The second kappa shape index (κ2) is 5.52. The molecule has 2 aromatic heterocycles. The molecule has 0 spiro atoms. The zero-order valence-corrected chi connectivity index (χ0v) is 14.6. The van der Waals surface area contributed by atoms with Crippen LogP contribution in [0.25, 0.3) is 11.0 Å². The highest BCUT2D eigenvalue weighted by atomic mass is 79.9. The molecule has 6 heteroatoms. The molecule has 0 aliphatic rings. The fraction of sp³-hybridized carbons (Fsp3) is 0.188. The molecule has 0 amide bonds. The summed E-state index contributed by atoms with van der Waals surface area (Å²) in [5.41, 5.74) is 2.54. The molecule has 1 aromatic carbocycles. The predicted molar refractivity (Wildman–Crippen MR) is 90.6 cm³/mol. The van der Waals surface area contributed by atoms with Crippen molar-refractivity contribution in [1.29, 1.82) is 0 Å². The van der Waals surface area contributed by atoms with E-state index in [0.717, 1.165) is 27.4 Å². The quantitative estimate of drug-likeness (QED) is 0.694. The summed E-state index contributed by atoms with van der Waals surface area (Å²) in [4.78, 5) is 4.56. The first-order valence-corrected chi connectivity index (χ1v) is 9.15. The molecular weight excluding hydrogens is 364 g/mol. The lowest BCUT2D eigenvalue weighted by molar-refractivity contribution is 0.588. The van der Waals surface area contributed by atoms with Crippen LogP contribution in [0.3, 0.4) is 0 Å². The molecule has 3 aromatic rings. The molecule has 0 saturated heterocycles. The highest BCUT2D eigenvalue weighted by molar-refractivity contribution is 9.10. The number of hydrogen-bond acceptors (Lipinski definition) is 3. The molecule has 0 radical (unpaired) electrons. The van der Waals surface area contributed by atoms with Crippen LogP contribution < -0.4 is 0 Å². The van der Waals surface area contributed by atoms with Crippen LogP contribution in [0.1, 0.15) is 18.1 Å². The minimum atomic E-state index is -3.64. The van der Waals surface area contributed by atoms with E-state index in [-0.39, 0.29) is 4.90 Å². The molecule has 0 bridgehead atoms. The van der Waals surface area contributed by atoms with Gasteiger partial charge in [-0.25, -0.2) is 17.4 Å². The van der Waals surface area contributed by atoms with E-state index in [9.17, 15) is 8.42 Å². The van der Waals surface area contributed by atoms with E-state index in [1.54, 1.807) is 42.7 Å². The van der Waals surface area contributed by atoms with Gasteiger partial charge in [-0.2, -0.15) is 0 Å². The molecular formula is C16H15BrN2O2S. The molecule has 0 atom stereocenters. The summed E-state index contributed by atoms with van der Waals surface area (Å²) >= 11 is 3.47. The molecule has 0 saturated carbocycles. The van der Waals surface area contributed by atoms with Crippen LogP contribution in [-0.4, -0.2) is 17.4 Å². The van der Waals surface area contributed by atoms with Crippen LogP contribution in [-0.2, 0) is 16.4 Å². The SMILES string of the molecule is CCc1c(Br)cnc2c1ccn2S(=O)(=O)c1ccc(C)cc1. The van der Waals surface area contributed by atoms with E-state index >= 15 is 0 Å². The fourth-order valence-corrected chi connectivity index (χ4v) is 4.37. The normalized spacial score (nSPS) is 12.0. The van der Waals surface area contributed by atoms with Crippen molar-refractivity contribution in [3.05, 3.63) is 58.3 Å². The van der Waals surface area contributed by atoms with Crippen molar-refractivity contribution in [2.75, 3.05) is 0 Å². The highest BCUT2D eigenvalue weighted by Crippen LogP contribution is 2.28. The Morgan fingerprint density at radius 2 is 1.86 bits per heavy atom. The molecule has 2 heterocycles. The van der Waals surface area contributed by atoms with Gasteiger partial charge in [0.25, 0.3) is 10.0 Å². The summed E-state index contributed by atoms with van der Waals surface area (Å²) in [6.07, 6.45) is 4.02. The van der Waals surface area contributed by atoms with E-state index in [0.29, 0.717) is 5.65 Å². The standard InChI is InChI=1S/C16H15BrN2O2S/c1-3-13-14-8-9-19(16(14)18-10-15(13)17)22(20,21)12-6-4-11(2)5-7-12/h4-10H,3H2,1-2H3. The predicted octanol–water partition coefficient (Wildman–Crippen LogP) is 3.91. The molecule has 3 rings (SSSR count). The van der Waals surface area contributed by atoms with Gasteiger partial charge in [-0.3, -0.25) is 0 Å². The average molecular weight is 379 g/mol. The number of aryl methyl sites for hydroxylation is 2. The van der Waals surface area contributed by atoms with E-state index in [1.807, 2.05) is 13.8 Å². The van der Waals surface area contributed by atoms with Crippen molar-refractivity contribution in [2.45, 2.75) is 25.2 Å². The van der Waals surface area contributed by atoms with Crippen molar-refractivity contribution < 1.29 is 8.42 Å². The summed E-state index contributed by atoms with van der Waals surface area (Å²) in [6, 6.07) is 8.63. The maximum absolute atomic E-state index is 12.8. The van der Waals surface area contributed by atoms with Gasteiger partial charge in [-0.1, -0.05) is 24.6 Å². The van der Waals surface area contributed by atoms with Crippen LogP contribution in [0.4, 0.5) is 0 Å². The molecule has 0 aliphatic carbocycles. The zero-order chi connectivity index (χ0) is 15.9. The van der Waals surface area contributed by atoms with Crippen LogP contribution in [0.5, 0.6) is 0 Å². The second-order valence-electron chi connectivity index (χ2n) is 5.11. The van der Waals surface area contributed by atoms with Gasteiger partial charge in [0.05, 0.1) is 4.90 Å². The Morgan fingerprint density at radius 3 is 2.50 bits per heavy atom. The maximum Gasteiger partial charge on any atom is 0.269 e. The van der Waals surface area contributed by atoms with Gasteiger partial charge in [0, 0.05) is 22.3 Å². The van der Waals surface area contributed by atoms with Crippen molar-refractivity contribution in [3.8, 4) is 0 Å². The first-order valence-electron chi connectivity index (χ1n) is 6.92. The molecule has 0 unspecified atom stereocenters. The summed E-state index contributed by atoms with van der Waals surface area (Å²) < 4.78 is 27.8. The first-order chi connectivity index (χ1) is 10.4. The largest absolute Gasteiger partial charge is 0.269 e. The van der Waals surface area contributed by atoms with Crippen LogP contribution in [0.2, 0.25) is 0 Å². The van der Waals surface area contributed by atoms with Crippen molar-refractivity contribution in [1.82, 2.24) is 8.96 Å². The molecule has 4 nitrogen and oxygen atoms in total. The number of pyridine rings is 1. The smallest absolute Gasteiger partial charge is 0.236 e. The number of benzene rings is 1. The number of hydrogen-bond donors (Lipinski definition) is 0. The number of aromatic nitrogens is 2. The Balaban J connectivity index is 2.24. The average Bonchev–Trinajstić information content (AvgIpc) is 2.92. The number of fused-ring (bicyclic) bond motifs is 1. The lowest BCUT2D eigenvalue weighted by Crippen LogP contribution is -2.12. The van der Waals surface area contributed by atoms with Gasteiger partial charge in [-0.15, -0.1) is 0 Å². The van der Waals surface area contributed by atoms with Crippen molar-refractivity contribution in [3.63, 3.8) is 0 Å². The Morgan fingerprint density at radius 1 is 1.18 bits per heavy atom. The molecule has 0 N–H and O–H groups in total. The number of rotatable bonds is 3. The van der Waals surface area contributed by atoms with Gasteiger partial charge < -0.3 is 0 Å². The highest BCUT2D eigenvalue weighted by Gasteiger charge is 2.20. The topological polar surface area (TPSA) is 52.0 Å². The number of nitrogens with zero attached hydrogens (tertiary/aromatic N) is 2. The van der Waals surface area contributed by atoms with Crippen LogP contribution in [0, 0.1) is 6.92 Å². The van der Waals surface area contributed by atoms with E-state index in [1.165, 1.54) is 3.97 Å². The summed E-state index contributed by atoms with van der Waals surface area (Å²) in [6.45, 7) is 3.96. The third kappa shape index (κ3) is 2.36. The Kier molecular flexibility index (Phi) is 3.82. The minimum absolute atomic E-state index is 0.262. The monoisotopic (exact) mass is 378 g/mol. The molecule has 0 aliphatic heterocycles. The molecule has 114 valence electrons. The molecule has 22 heavy (non-hydrogen) atoms. The van der Waals surface area contributed by atoms with Gasteiger partial charge >= 0.3 is 0 Å². The van der Waals surface area contributed by atoms with Crippen molar-refractivity contribution in [2.24, 2.45) is 0 Å². The van der Waals surface area contributed by atoms with Crippen LogP contribution >= 0.6 is 15.9 Å². The summed E-state index contributed by atoms with van der Waals surface area (Å²) in [5.74, 6) is 0. The van der Waals surface area contributed by atoms with Crippen molar-refractivity contribution >= 4 is 37.0 Å². The maximum atomic E-state index is 12.8. The van der Waals surface area contributed by atoms with E-state index < -0.39 is 10.0 Å². The number of halogens is 1.